The molecule has 4 heteroatoms. The predicted molar refractivity (Wildman–Crippen MR) is 75.1 cm³/mol. The van der Waals surface area contributed by atoms with Gasteiger partial charge in [0, 0.05) is 23.2 Å². The van der Waals surface area contributed by atoms with E-state index in [4.69, 9.17) is 4.74 Å². The van der Waals surface area contributed by atoms with Crippen molar-refractivity contribution in [1.29, 1.82) is 0 Å². The maximum absolute atomic E-state index is 5.16. The summed E-state index contributed by atoms with van der Waals surface area (Å²) in [5, 5.41) is 3.57. The van der Waals surface area contributed by atoms with Crippen LogP contribution in [0.2, 0.25) is 0 Å². The highest BCUT2D eigenvalue weighted by atomic mass is 32.1. The summed E-state index contributed by atoms with van der Waals surface area (Å²) in [7, 11) is 1.68. The second kappa shape index (κ2) is 5.98. The molecule has 0 amide bonds. The Labute approximate surface area is 112 Å². The van der Waals surface area contributed by atoms with Crippen LogP contribution in [0.4, 0.5) is 0 Å². The van der Waals surface area contributed by atoms with Crippen LogP contribution in [0.15, 0.2) is 36.0 Å². The second-order valence-corrected chi connectivity index (χ2v) is 5.20. The standard InChI is InChI=1S/C14H18N2OS/c1-10(12-4-6-13(17-3)7-5-12)16-11(2)14-8-15-9-18-14/h4-11,16H,1-3H3/t10-,11?/m0/s1. The number of thiazole rings is 1. The Morgan fingerprint density at radius 2 is 1.89 bits per heavy atom. The zero-order chi connectivity index (χ0) is 13.0. The summed E-state index contributed by atoms with van der Waals surface area (Å²) in [5.74, 6) is 0.890. The van der Waals surface area contributed by atoms with Crippen LogP contribution < -0.4 is 10.1 Å². The summed E-state index contributed by atoms with van der Waals surface area (Å²) in [5.41, 5.74) is 3.12. The third-order valence-electron chi connectivity index (χ3n) is 2.99. The van der Waals surface area contributed by atoms with Crippen molar-refractivity contribution >= 4 is 11.3 Å². The molecule has 0 aliphatic carbocycles. The van der Waals surface area contributed by atoms with Crippen LogP contribution in [0.1, 0.15) is 36.4 Å². The second-order valence-electron chi connectivity index (χ2n) is 4.29. The third-order valence-corrected chi connectivity index (χ3v) is 3.95. The highest BCUT2D eigenvalue weighted by Crippen LogP contribution is 2.22. The largest absolute Gasteiger partial charge is 0.497 e. The molecule has 1 heterocycles. The first-order valence-corrected chi connectivity index (χ1v) is 6.87. The Kier molecular flexibility index (Phi) is 4.33. The molecule has 0 spiro atoms. The summed E-state index contributed by atoms with van der Waals surface area (Å²) in [6.45, 7) is 4.33. The first-order chi connectivity index (χ1) is 8.70. The molecule has 2 rings (SSSR count). The van der Waals surface area contributed by atoms with Crippen LogP contribution in [0.5, 0.6) is 5.75 Å². The van der Waals surface area contributed by atoms with Crippen LogP contribution >= 0.6 is 11.3 Å². The van der Waals surface area contributed by atoms with Crippen LogP contribution in [0.25, 0.3) is 0 Å². The Balaban J connectivity index is 2.00. The molecule has 0 saturated heterocycles. The molecule has 18 heavy (non-hydrogen) atoms. The van der Waals surface area contributed by atoms with Gasteiger partial charge in [0.15, 0.2) is 0 Å². The smallest absolute Gasteiger partial charge is 0.118 e. The number of hydrogen-bond donors (Lipinski definition) is 1. The van der Waals surface area contributed by atoms with Crippen molar-refractivity contribution in [3.8, 4) is 5.75 Å². The Bertz CT molecular complexity index is 467. The van der Waals surface area contributed by atoms with Gasteiger partial charge >= 0.3 is 0 Å². The van der Waals surface area contributed by atoms with Crippen molar-refractivity contribution in [2.45, 2.75) is 25.9 Å². The predicted octanol–water partition coefficient (Wildman–Crippen LogP) is 3.56. The summed E-state index contributed by atoms with van der Waals surface area (Å²) < 4.78 is 5.16. The van der Waals surface area contributed by atoms with Gasteiger partial charge in [0.2, 0.25) is 0 Å². The quantitative estimate of drug-likeness (QED) is 0.894. The van der Waals surface area contributed by atoms with Gasteiger partial charge in [-0.3, -0.25) is 4.98 Å². The van der Waals surface area contributed by atoms with E-state index in [9.17, 15) is 0 Å². The number of nitrogens with one attached hydrogen (secondary N) is 1. The van der Waals surface area contributed by atoms with Gasteiger partial charge in [0.25, 0.3) is 0 Å². The van der Waals surface area contributed by atoms with Gasteiger partial charge in [-0.25, -0.2) is 0 Å². The molecule has 1 aromatic carbocycles. The number of nitrogens with zero attached hydrogens (tertiary/aromatic N) is 1. The summed E-state index contributed by atoms with van der Waals surface area (Å²) in [6, 6.07) is 8.78. The van der Waals surface area contributed by atoms with Crippen LogP contribution in [-0.4, -0.2) is 12.1 Å². The monoisotopic (exact) mass is 262 g/mol. The first kappa shape index (κ1) is 13.1. The van der Waals surface area contributed by atoms with E-state index in [0.717, 1.165) is 5.75 Å². The molecule has 0 bridgehead atoms. The van der Waals surface area contributed by atoms with E-state index < -0.39 is 0 Å². The molecule has 0 fully saturated rings. The first-order valence-electron chi connectivity index (χ1n) is 5.99. The van der Waals surface area contributed by atoms with Crippen molar-refractivity contribution in [2.75, 3.05) is 7.11 Å². The van der Waals surface area contributed by atoms with Crippen molar-refractivity contribution in [3.05, 3.63) is 46.4 Å². The molecular formula is C14H18N2OS. The number of rotatable bonds is 5. The molecule has 0 saturated carbocycles. The topological polar surface area (TPSA) is 34.1 Å². The molecule has 2 atom stereocenters. The summed E-state index contributed by atoms with van der Waals surface area (Å²) in [4.78, 5) is 5.37. The lowest BCUT2D eigenvalue weighted by atomic mass is 10.1. The lowest BCUT2D eigenvalue weighted by molar-refractivity contribution is 0.414. The average Bonchev–Trinajstić information content (AvgIpc) is 2.92. The Hall–Kier alpha value is -1.39. The number of methoxy groups -OCH3 is 1. The van der Waals surface area contributed by atoms with E-state index in [1.807, 2.05) is 23.8 Å². The van der Waals surface area contributed by atoms with Crippen LogP contribution in [0, 0.1) is 0 Å². The minimum absolute atomic E-state index is 0.299. The molecule has 2 aromatic rings. The van der Waals surface area contributed by atoms with Crippen molar-refractivity contribution < 1.29 is 4.74 Å². The molecule has 1 N–H and O–H groups in total. The lowest BCUT2D eigenvalue weighted by Gasteiger charge is -2.19. The third kappa shape index (κ3) is 3.09. The zero-order valence-electron chi connectivity index (χ0n) is 10.9. The van der Waals surface area contributed by atoms with Crippen molar-refractivity contribution in [1.82, 2.24) is 10.3 Å². The van der Waals surface area contributed by atoms with E-state index in [1.54, 1.807) is 18.4 Å². The maximum atomic E-state index is 5.16. The Morgan fingerprint density at radius 1 is 1.17 bits per heavy atom. The van der Waals surface area contributed by atoms with Gasteiger partial charge in [0.05, 0.1) is 12.6 Å². The molecule has 96 valence electrons. The van der Waals surface area contributed by atoms with Gasteiger partial charge < -0.3 is 10.1 Å². The van der Waals surface area contributed by atoms with Gasteiger partial charge in [-0.05, 0) is 31.5 Å². The molecule has 0 radical (unpaired) electrons. The van der Waals surface area contributed by atoms with Gasteiger partial charge in [0.1, 0.15) is 5.75 Å². The molecule has 0 aliphatic rings. The average molecular weight is 262 g/mol. The Morgan fingerprint density at radius 3 is 2.44 bits per heavy atom. The van der Waals surface area contributed by atoms with Gasteiger partial charge in [-0.2, -0.15) is 0 Å². The highest BCUT2D eigenvalue weighted by molar-refractivity contribution is 7.09. The number of ether oxygens (including phenoxy) is 1. The molecule has 0 aliphatic heterocycles. The molecular weight excluding hydrogens is 244 g/mol. The van der Waals surface area contributed by atoms with Crippen LogP contribution in [0.3, 0.4) is 0 Å². The lowest BCUT2D eigenvalue weighted by Crippen LogP contribution is -2.21. The van der Waals surface area contributed by atoms with E-state index in [1.165, 1.54) is 10.4 Å². The van der Waals surface area contributed by atoms with Gasteiger partial charge in [-0.1, -0.05) is 12.1 Å². The fraction of sp³-hybridized carbons (Fsp3) is 0.357. The van der Waals surface area contributed by atoms with E-state index >= 15 is 0 Å². The zero-order valence-corrected chi connectivity index (χ0v) is 11.7. The van der Waals surface area contributed by atoms with Gasteiger partial charge in [-0.15, -0.1) is 11.3 Å². The van der Waals surface area contributed by atoms with Crippen molar-refractivity contribution in [3.63, 3.8) is 0 Å². The fourth-order valence-corrected chi connectivity index (χ4v) is 2.52. The SMILES string of the molecule is COc1ccc([C@H](C)NC(C)c2cncs2)cc1. The van der Waals surface area contributed by atoms with E-state index in [0.29, 0.717) is 12.1 Å². The van der Waals surface area contributed by atoms with E-state index in [-0.39, 0.29) is 0 Å². The molecule has 3 nitrogen and oxygen atoms in total. The van der Waals surface area contributed by atoms with Crippen LogP contribution in [-0.2, 0) is 0 Å². The maximum Gasteiger partial charge on any atom is 0.118 e. The fourth-order valence-electron chi connectivity index (χ4n) is 1.89. The number of hydrogen-bond acceptors (Lipinski definition) is 4. The highest BCUT2D eigenvalue weighted by Gasteiger charge is 2.12. The normalized spacial score (nSPS) is 14.2. The number of benzene rings is 1. The minimum Gasteiger partial charge on any atom is -0.497 e. The summed E-state index contributed by atoms with van der Waals surface area (Å²) in [6.07, 6.45) is 1.92. The van der Waals surface area contributed by atoms with Crippen molar-refractivity contribution in [2.24, 2.45) is 0 Å². The summed E-state index contributed by atoms with van der Waals surface area (Å²) >= 11 is 1.68. The minimum atomic E-state index is 0.299. The number of aromatic nitrogens is 1. The molecule has 1 unspecified atom stereocenters. The molecule has 1 aromatic heterocycles. The van der Waals surface area contributed by atoms with E-state index in [2.05, 4.69) is 36.3 Å².